The van der Waals surface area contributed by atoms with Crippen molar-refractivity contribution in [1.29, 1.82) is 0 Å². The van der Waals surface area contributed by atoms with Crippen LogP contribution in [0.15, 0.2) is 95.9 Å². The summed E-state index contributed by atoms with van der Waals surface area (Å²) in [7, 11) is -3.81. The van der Waals surface area contributed by atoms with Gasteiger partial charge in [-0.3, -0.25) is 4.79 Å². The van der Waals surface area contributed by atoms with Gasteiger partial charge in [-0.05, 0) is 36.4 Å². The molecule has 0 bridgehead atoms. The molecule has 9 heteroatoms. The Balaban J connectivity index is 1.62. The molecule has 3 aromatic carbocycles. The lowest BCUT2D eigenvalue weighted by atomic mass is 10.2. The number of sulfonamides is 1. The maximum Gasteiger partial charge on any atom is 0.243 e. The van der Waals surface area contributed by atoms with Crippen molar-refractivity contribution in [2.75, 3.05) is 18.4 Å². The van der Waals surface area contributed by atoms with Crippen LogP contribution in [0.3, 0.4) is 0 Å². The number of carbonyl (C=O) groups is 1. The maximum absolute atomic E-state index is 13.0. The Morgan fingerprint density at radius 1 is 0.971 bits per heavy atom. The van der Waals surface area contributed by atoms with Gasteiger partial charge in [0.2, 0.25) is 15.9 Å². The molecule has 1 N–H and O–H groups in total. The van der Waals surface area contributed by atoms with Crippen molar-refractivity contribution in [3.8, 4) is 16.9 Å². The third kappa shape index (κ3) is 5.20. The van der Waals surface area contributed by atoms with Crippen molar-refractivity contribution in [2.45, 2.75) is 11.8 Å². The Labute approximate surface area is 203 Å². The molecule has 0 aliphatic rings. The standard InChI is InChI=1S/C25H23ClN4O3S/c1-2-29(34(32,33)22-11-7-4-8-12-22)18-25(31)27-24-17-23(19-9-5-3-6-10-19)28-30(24)21-15-13-20(26)14-16-21/h3-17H,2,18H2,1H3,(H,27,31). The maximum atomic E-state index is 13.0. The zero-order valence-corrected chi connectivity index (χ0v) is 20.0. The Bertz CT molecular complexity index is 1370. The van der Waals surface area contributed by atoms with Crippen molar-refractivity contribution in [3.05, 3.63) is 96.0 Å². The molecule has 0 aliphatic heterocycles. The quantitative estimate of drug-likeness (QED) is 0.380. The van der Waals surface area contributed by atoms with Gasteiger partial charge < -0.3 is 5.32 Å². The largest absolute Gasteiger partial charge is 0.309 e. The number of halogens is 1. The number of benzene rings is 3. The van der Waals surface area contributed by atoms with Crippen LogP contribution in [0.25, 0.3) is 16.9 Å². The summed E-state index contributed by atoms with van der Waals surface area (Å²) in [5.74, 6) is -0.0598. The highest BCUT2D eigenvalue weighted by atomic mass is 35.5. The second kappa shape index (κ2) is 10.2. The van der Waals surface area contributed by atoms with E-state index in [9.17, 15) is 13.2 Å². The van der Waals surface area contributed by atoms with Crippen LogP contribution < -0.4 is 5.32 Å². The molecule has 34 heavy (non-hydrogen) atoms. The third-order valence-corrected chi connectivity index (χ3v) is 7.36. The summed E-state index contributed by atoms with van der Waals surface area (Å²) in [4.78, 5) is 13.1. The number of amides is 1. The number of aromatic nitrogens is 2. The highest BCUT2D eigenvalue weighted by molar-refractivity contribution is 7.89. The first-order valence-corrected chi connectivity index (χ1v) is 12.5. The summed E-state index contributed by atoms with van der Waals surface area (Å²) in [5.41, 5.74) is 2.24. The number of anilines is 1. The Kier molecular flexibility index (Phi) is 7.12. The summed E-state index contributed by atoms with van der Waals surface area (Å²) < 4.78 is 28.7. The van der Waals surface area contributed by atoms with Crippen LogP contribution in [-0.4, -0.2) is 41.5 Å². The molecule has 0 saturated carbocycles. The molecule has 4 aromatic rings. The average Bonchev–Trinajstić information content (AvgIpc) is 3.27. The van der Waals surface area contributed by atoms with Gasteiger partial charge in [0.15, 0.2) is 0 Å². The molecule has 0 unspecified atom stereocenters. The minimum Gasteiger partial charge on any atom is -0.309 e. The summed E-state index contributed by atoms with van der Waals surface area (Å²) in [6.45, 7) is 1.51. The minimum atomic E-state index is -3.81. The lowest BCUT2D eigenvalue weighted by molar-refractivity contribution is -0.116. The van der Waals surface area contributed by atoms with E-state index in [0.29, 0.717) is 22.2 Å². The lowest BCUT2D eigenvalue weighted by Gasteiger charge is -2.20. The minimum absolute atomic E-state index is 0.141. The third-order valence-electron chi connectivity index (χ3n) is 5.17. The van der Waals surface area contributed by atoms with Crippen molar-refractivity contribution in [3.63, 3.8) is 0 Å². The molecule has 0 radical (unpaired) electrons. The first-order valence-electron chi connectivity index (χ1n) is 10.6. The van der Waals surface area contributed by atoms with Crippen LogP contribution in [0.4, 0.5) is 5.82 Å². The van der Waals surface area contributed by atoms with Crippen LogP contribution in [0, 0.1) is 0 Å². The van der Waals surface area contributed by atoms with E-state index in [0.717, 1.165) is 9.87 Å². The fraction of sp³-hybridized carbons (Fsp3) is 0.120. The number of carbonyl (C=O) groups excluding carboxylic acids is 1. The van der Waals surface area contributed by atoms with Crippen LogP contribution in [0.1, 0.15) is 6.92 Å². The Morgan fingerprint density at radius 2 is 1.59 bits per heavy atom. The summed E-state index contributed by atoms with van der Waals surface area (Å²) in [6.07, 6.45) is 0. The molecule has 0 atom stereocenters. The normalized spacial score (nSPS) is 11.5. The van der Waals surface area contributed by atoms with E-state index in [1.165, 1.54) is 12.1 Å². The smallest absolute Gasteiger partial charge is 0.243 e. The second-order valence-corrected chi connectivity index (χ2v) is 9.84. The van der Waals surface area contributed by atoms with Gasteiger partial charge in [0.1, 0.15) is 5.82 Å². The summed E-state index contributed by atoms with van der Waals surface area (Å²) >= 11 is 6.03. The van der Waals surface area contributed by atoms with Gasteiger partial charge in [0.05, 0.1) is 22.8 Å². The predicted octanol–water partition coefficient (Wildman–Crippen LogP) is 4.84. The van der Waals surface area contributed by atoms with Crippen molar-refractivity contribution >= 4 is 33.3 Å². The van der Waals surface area contributed by atoms with Gasteiger partial charge >= 0.3 is 0 Å². The van der Waals surface area contributed by atoms with Crippen molar-refractivity contribution in [1.82, 2.24) is 14.1 Å². The van der Waals surface area contributed by atoms with E-state index in [-0.39, 0.29) is 18.0 Å². The SMILES string of the molecule is CCN(CC(=O)Nc1cc(-c2ccccc2)nn1-c1ccc(Cl)cc1)S(=O)(=O)c1ccccc1. The van der Waals surface area contributed by atoms with Gasteiger partial charge in [-0.15, -0.1) is 0 Å². The molecular formula is C25H23ClN4O3S. The van der Waals surface area contributed by atoms with E-state index in [1.54, 1.807) is 60.1 Å². The fourth-order valence-corrected chi connectivity index (χ4v) is 5.00. The van der Waals surface area contributed by atoms with Crippen molar-refractivity contribution < 1.29 is 13.2 Å². The molecule has 174 valence electrons. The van der Waals surface area contributed by atoms with Crippen LogP contribution >= 0.6 is 11.6 Å². The molecule has 0 spiro atoms. The zero-order valence-electron chi connectivity index (χ0n) is 18.4. The molecule has 0 fully saturated rings. The number of nitrogens with zero attached hydrogens (tertiary/aromatic N) is 3. The monoisotopic (exact) mass is 494 g/mol. The Morgan fingerprint density at radius 3 is 2.21 bits per heavy atom. The van der Waals surface area contributed by atoms with Crippen LogP contribution in [0.2, 0.25) is 5.02 Å². The molecule has 0 aliphatic carbocycles. The highest BCUT2D eigenvalue weighted by Gasteiger charge is 2.25. The number of nitrogens with one attached hydrogen (secondary N) is 1. The molecule has 1 heterocycles. The summed E-state index contributed by atoms with van der Waals surface area (Å²) in [5, 5.41) is 8.06. The molecule has 7 nitrogen and oxygen atoms in total. The highest BCUT2D eigenvalue weighted by Crippen LogP contribution is 2.25. The molecule has 4 rings (SSSR count). The van der Waals surface area contributed by atoms with Gasteiger partial charge in [-0.1, -0.05) is 67.1 Å². The molecule has 0 saturated heterocycles. The summed E-state index contributed by atoms with van der Waals surface area (Å²) in [6, 6.07) is 26.4. The van der Waals surface area contributed by atoms with E-state index >= 15 is 0 Å². The van der Waals surface area contributed by atoms with E-state index in [2.05, 4.69) is 10.4 Å². The first-order chi connectivity index (χ1) is 16.4. The van der Waals surface area contributed by atoms with E-state index in [4.69, 9.17) is 11.6 Å². The predicted molar refractivity (Wildman–Crippen MR) is 134 cm³/mol. The van der Waals surface area contributed by atoms with Gasteiger partial charge in [-0.2, -0.15) is 9.40 Å². The van der Waals surface area contributed by atoms with Gasteiger partial charge in [-0.25, -0.2) is 13.1 Å². The molecule has 1 amide bonds. The molecular weight excluding hydrogens is 472 g/mol. The average molecular weight is 495 g/mol. The van der Waals surface area contributed by atoms with Crippen molar-refractivity contribution in [2.24, 2.45) is 0 Å². The van der Waals surface area contributed by atoms with Crippen LogP contribution in [-0.2, 0) is 14.8 Å². The first kappa shape index (κ1) is 23.7. The molecule has 1 aromatic heterocycles. The Hall–Kier alpha value is -3.46. The van der Waals surface area contributed by atoms with Crippen LogP contribution in [0.5, 0.6) is 0 Å². The van der Waals surface area contributed by atoms with Gasteiger partial charge in [0.25, 0.3) is 0 Å². The topological polar surface area (TPSA) is 84.3 Å². The zero-order chi connectivity index (χ0) is 24.1. The number of hydrogen-bond donors (Lipinski definition) is 1. The van der Waals surface area contributed by atoms with E-state index < -0.39 is 15.9 Å². The fourth-order valence-electron chi connectivity index (χ4n) is 3.45. The number of hydrogen-bond acceptors (Lipinski definition) is 4. The second-order valence-electron chi connectivity index (χ2n) is 7.46. The van der Waals surface area contributed by atoms with Gasteiger partial charge in [0, 0.05) is 23.2 Å². The number of likely N-dealkylation sites (N-methyl/N-ethyl adjacent to an activating group) is 1. The van der Waals surface area contributed by atoms with E-state index in [1.807, 2.05) is 30.3 Å². The lowest BCUT2D eigenvalue weighted by Crippen LogP contribution is -2.38. The number of rotatable bonds is 8.